The highest BCUT2D eigenvalue weighted by molar-refractivity contribution is 6.01. The average molecular weight is 1570 g/mol. The molecular formula is C76H123N3O31. The number of amides is 4. The molecule has 110 heavy (non-hydrogen) atoms. The molecule has 2 aliphatic heterocycles. The summed E-state index contributed by atoms with van der Waals surface area (Å²) in [6, 6.07) is 15.4. The third-order valence-corrected chi connectivity index (χ3v) is 14.9. The number of imide groups is 1. The van der Waals surface area contributed by atoms with Gasteiger partial charge in [0.1, 0.15) is 0 Å². The molecule has 34 heteroatoms. The number of rotatable bonds is 82. The maximum atomic E-state index is 13.3. The van der Waals surface area contributed by atoms with Crippen molar-refractivity contribution in [1.82, 2.24) is 10.4 Å². The molecule has 0 spiro atoms. The summed E-state index contributed by atoms with van der Waals surface area (Å²) in [5.74, 6) is 4.41. The van der Waals surface area contributed by atoms with Gasteiger partial charge in [-0.05, 0) is 23.8 Å². The van der Waals surface area contributed by atoms with Gasteiger partial charge in [-0.1, -0.05) is 42.2 Å². The topological polar surface area (TPSA) is 344 Å². The number of ether oxygens (including phenoxy) is 25. The van der Waals surface area contributed by atoms with Crippen LogP contribution in [0.3, 0.4) is 0 Å². The van der Waals surface area contributed by atoms with Gasteiger partial charge in [-0.2, -0.15) is 0 Å². The maximum Gasteiger partial charge on any atom is 0.335 e. The van der Waals surface area contributed by atoms with Crippen LogP contribution in [-0.4, -0.2) is 372 Å². The van der Waals surface area contributed by atoms with E-state index in [0.717, 1.165) is 22.4 Å². The van der Waals surface area contributed by atoms with Gasteiger partial charge in [0.2, 0.25) is 11.8 Å². The quantitative estimate of drug-likeness (QED) is 0.0564. The Labute approximate surface area is 648 Å². The Morgan fingerprint density at radius 1 is 0.291 bits per heavy atom. The predicted octanol–water partition coefficient (Wildman–Crippen LogP) is 2.24. The molecular weight excluding hydrogens is 1450 g/mol. The second kappa shape index (κ2) is 73.7. The molecule has 0 unspecified atom stereocenters. The Bertz CT molecular complexity index is 2590. The lowest BCUT2D eigenvalue weighted by Gasteiger charge is -2.26. The van der Waals surface area contributed by atoms with E-state index >= 15 is 0 Å². The summed E-state index contributed by atoms with van der Waals surface area (Å²) < 4.78 is 138. The first kappa shape index (κ1) is 96.9. The van der Waals surface area contributed by atoms with Crippen molar-refractivity contribution in [3.8, 4) is 11.8 Å². The van der Waals surface area contributed by atoms with Crippen molar-refractivity contribution >= 4 is 35.3 Å². The highest BCUT2D eigenvalue weighted by Gasteiger charge is 2.33. The molecule has 2 heterocycles. The van der Waals surface area contributed by atoms with Crippen molar-refractivity contribution in [3.05, 3.63) is 65.2 Å². The minimum Gasteiger partial charge on any atom is -0.379 e. The van der Waals surface area contributed by atoms with E-state index in [1.54, 1.807) is 4.90 Å². The normalized spacial score (nSPS) is 12.7. The van der Waals surface area contributed by atoms with Crippen LogP contribution < -0.4 is 10.2 Å². The zero-order valence-corrected chi connectivity index (χ0v) is 64.5. The van der Waals surface area contributed by atoms with Crippen molar-refractivity contribution in [3.63, 3.8) is 0 Å². The van der Waals surface area contributed by atoms with Gasteiger partial charge in [-0.15, -0.1) is 5.06 Å². The molecule has 1 fully saturated rings. The first-order valence-corrected chi connectivity index (χ1v) is 38.2. The minimum atomic E-state index is -0.707. The summed E-state index contributed by atoms with van der Waals surface area (Å²) in [7, 11) is 0. The van der Waals surface area contributed by atoms with Crippen molar-refractivity contribution in [2.24, 2.45) is 0 Å². The fourth-order valence-corrected chi connectivity index (χ4v) is 9.25. The molecule has 628 valence electrons. The van der Waals surface area contributed by atoms with Gasteiger partial charge in [0.15, 0.2) is 0 Å². The van der Waals surface area contributed by atoms with Crippen LogP contribution in [0.25, 0.3) is 0 Å². The molecule has 0 aromatic heterocycles. The third kappa shape index (κ3) is 56.7. The van der Waals surface area contributed by atoms with Crippen LogP contribution >= 0.6 is 0 Å². The van der Waals surface area contributed by atoms with Crippen LogP contribution in [0.15, 0.2) is 48.5 Å². The number of hydrogen-bond donors (Lipinski definition) is 1. The Morgan fingerprint density at radius 2 is 0.527 bits per heavy atom. The molecule has 2 aromatic carbocycles. The average Bonchev–Trinajstić information content (AvgIpc) is 1.03. The van der Waals surface area contributed by atoms with Crippen LogP contribution in [0.4, 0.5) is 5.69 Å². The summed E-state index contributed by atoms with van der Waals surface area (Å²) in [5, 5.41) is 3.34. The van der Waals surface area contributed by atoms with E-state index in [2.05, 4.69) is 17.2 Å². The third-order valence-electron chi connectivity index (χ3n) is 14.9. The molecule has 0 aliphatic carbocycles. The summed E-state index contributed by atoms with van der Waals surface area (Å²) in [6.45, 7) is 22.3. The Balaban J connectivity index is 0.697. The van der Waals surface area contributed by atoms with Gasteiger partial charge in [0, 0.05) is 43.4 Å². The second-order valence-electron chi connectivity index (χ2n) is 23.4. The number of hydrogen-bond acceptors (Lipinski definition) is 31. The molecule has 0 saturated carbocycles. The Kier molecular flexibility index (Phi) is 64.9. The zero-order chi connectivity index (χ0) is 77.8. The number of anilines is 1. The first-order valence-electron chi connectivity index (χ1n) is 38.2. The fraction of sp³-hybridized carbons (Fsp3) is 0.750. The summed E-state index contributed by atoms with van der Waals surface area (Å²) in [5.41, 5.74) is 3.43. The SMILES string of the molecule is O=C(CCOCCOCCOCCOCCOCCOCCOCCOCCOCCOCCOCCOCCOCCOCCOCCOCCOCCOCCOCCOCCOCCOCCOCCOCCOCCC(=O)ON1C(=O)CCC1=O)NCCC(=O)N1Cc2ccccc2C#Cc2ccccc21. The Hall–Kier alpha value is -5.45. The molecule has 1 saturated heterocycles. The van der Waals surface area contributed by atoms with Crippen LogP contribution in [0, 0.1) is 11.8 Å². The summed E-state index contributed by atoms with van der Waals surface area (Å²) >= 11 is 0. The highest BCUT2D eigenvalue weighted by atomic mass is 16.7. The fourth-order valence-electron chi connectivity index (χ4n) is 9.25. The lowest BCUT2D eigenvalue weighted by atomic mass is 10.0. The van der Waals surface area contributed by atoms with Gasteiger partial charge >= 0.3 is 5.97 Å². The van der Waals surface area contributed by atoms with E-state index in [1.807, 2.05) is 48.5 Å². The van der Waals surface area contributed by atoms with E-state index in [9.17, 15) is 24.0 Å². The van der Waals surface area contributed by atoms with Crippen LogP contribution in [0.1, 0.15) is 48.8 Å². The Morgan fingerprint density at radius 3 is 0.818 bits per heavy atom. The zero-order valence-electron chi connectivity index (χ0n) is 64.5. The van der Waals surface area contributed by atoms with E-state index in [4.69, 9.17) is 123 Å². The maximum absolute atomic E-state index is 13.3. The van der Waals surface area contributed by atoms with Gasteiger partial charge in [0.05, 0.1) is 349 Å². The van der Waals surface area contributed by atoms with E-state index in [0.29, 0.717) is 322 Å². The number of hydroxylamine groups is 2. The number of carbonyl (C=O) groups excluding carboxylic acids is 5. The van der Waals surface area contributed by atoms with Gasteiger partial charge in [-0.3, -0.25) is 19.2 Å². The lowest BCUT2D eigenvalue weighted by Crippen LogP contribution is -2.35. The number of para-hydroxylation sites is 1. The van der Waals surface area contributed by atoms with E-state index in [1.165, 1.54) is 0 Å². The highest BCUT2D eigenvalue weighted by Crippen LogP contribution is 2.26. The smallest absolute Gasteiger partial charge is 0.335 e. The molecule has 1 N–H and O–H groups in total. The standard InChI is InChI=1S/C76H123N3O31/c80-72(77-16-13-73(81)78-67-70-7-2-1-5-68(70)9-10-69-6-3-4-8-71(69)78)14-17-85-19-21-87-23-25-89-27-29-91-31-33-93-35-37-95-39-41-97-43-45-99-47-49-101-51-53-103-55-57-105-59-61-107-63-65-109-66-64-108-62-60-106-58-56-104-54-52-102-50-48-100-46-44-98-42-40-96-38-36-94-34-32-92-30-28-90-26-24-88-22-20-86-18-15-76(84)110-79-74(82)11-12-75(79)83/h1-8H,11-67H2,(H,77,80). The largest absolute Gasteiger partial charge is 0.379 e. The molecule has 2 aliphatic rings. The van der Waals surface area contributed by atoms with Crippen molar-refractivity contribution < 1.29 is 147 Å². The second-order valence-corrected chi connectivity index (χ2v) is 23.4. The van der Waals surface area contributed by atoms with Gasteiger partial charge < -0.3 is 133 Å². The lowest BCUT2D eigenvalue weighted by molar-refractivity contribution is -0.198. The molecule has 0 radical (unpaired) electrons. The van der Waals surface area contributed by atoms with Crippen molar-refractivity contribution in [1.29, 1.82) is 0 Å². The van der Waals surface area contributed by atoms with Crippen molar-refractivity contribution in [2.45, 2.75) is 38.6 Å². The van der Waals surface area contributed by atoms with E-state index < -0.39 is 17.8 Å². The van der Waals surface area contributed by atoms with Crippen LogP contribution in [-0.2, 0) is 154 Å². The number of benzene rings is 2. The number of fused-ring (bicyclic) bond motifs is 2. The molecule has 0 bridgehead atoms. The monoisotopic (exact) mass is 1570 g/mol. The van der Waals surface area contributed by atoms with Crippen LogP contribution in [0.5, 0.6) is 0 Å². The van der Waals surface area contributed by atoms with E-state index in [-0.39, 0.29) is 70.3 Å². The molecule has 2 aromatic rings. The van der Waals surface area contributed by atoms with Crippen molar-refractivity contribution in [2.75, 3.05) is 342 Å². The van der Waals surface area contributed by atoms with Gasteiger partial charge in [0.25, 0.3) is 11.8 Å². The predicted molar refractivity (Wildman–Crippen MR) is 395 cm³/mol. The number of nitrogens with zero attached hydrogens (tertiary/aromatic N) is 2. The molecule has 4 rings (SSSR count). The van der Waals surface area contributed by atoms with Gasteiger partial charge in [-0.25, -0.2) is 4.79 Å². The number of nitrogens with one attached hydrogen (secondary N) is 1. The minimum absolute atomic E-state index is 0.0497. The number of carbonyl (C=O) groups is 5. The van der Waals surface area contributed by atoms with Crippen LogP contribution in [0.2, 0.25) is 0 Å². The molecule has 0 atom stereocenters. The summed E-state index contributed by atoms with van der Waals surface area (Å²) in [4.78, 5) is 66.9. The molecule has 34 nitrogen and oxygen atoms in total. The first-order chi connectivity index (χ1) is 54.4. The molecule has 4 amide bonds. The summed E-state index contributed by atoms with van der Waals surface area (Å²) in [6.07, 6.45) is 0.361.